The lowest BCUT2D eigenvalue weighted by Crippen LogP contribution is -2.16. The van der Waals surface area contributed by atoms with Crippen molar-refractivity contribution in [1.29, 1.82) is 0 Å². The van der Waals surface area contributed by atoms with Crippen LogP contribution >= 0.6 is 0 Å². The Morgan fingerprint density at radius 3 is 3.00 bits per heavy atom. The summed E-state index contributed by atoms with van der Waals surface area (Å²) < 4.78 is 4.62. The van der Waals surface area contributed by atoms with Gasteiger partial charge in [0.2, 0.25) is 5.91 Å². The molecule has 2 heterocycles. The molecule has 2 amide bonds. The first-order chi connectivity index (χ1) is 13.0. The minimum absolute atomic E-state index is 0.0732. The molecule has 1 unspecified atom stereocenters. The SMILES string of the molecule is COC(=O)Nc1ccc2c(c1)NC(=O)CC(C)/C=C\C[C@H](N)c1ncc-2[nH]1. The number of benzene rings is 1. The molecule has 2 bridgehead atoms. The molecule has 3 rings (SSSR count). The fourth-order valence-corrected chi connectivity index (χ4v) is 2.92. The van der Waals surface area contributed by atoms with Crippen molar-refractivity contribution in [3.8, 4) is 11.3 Å². The molecule has 1 aliphatic heterocycles. The first-order valence-corrected chi connectivity index (χ1v) is 8.72. The molecule has 27 heavy (non-hydrogen) atoms. The zero-order valence-electron chi connectivity index (χ0n) is 15.3. The normalized spacial score (nSPS) is 20.9. The molecule has 0 saturated heterocycles. The molecule has 8 heteroatoms. The summed E-state index contributed by atoms with van der Waals surface area (Å²) in [5.74, 6) is 0.631. The zero-order valence-corrected chi connectivity index (χ0v) is 15.3. The summed E-state index contributed by atoms with van der Waals surface area (Å²) in [7, 11) is 1.29. The van der Waals surface area contributed by atoms with Gasteiger partial charge in [-0.3, -0.25) is 10.1 Å². The van der Waals surface area contributed by atoms with E-state index >= 15 is 0 Å². The van der Waals surface area contributed by atoms with Crippen molar-refractivity contribution in [2.75, 3.05) is 17.7 Å². The Morgan fingerprint density at radius 1 is 1.41 bits per heavy atom. The van der Waals surface area contributed by atoms with E-state index in [1.807, 2.05) is 19.1 Å². The molecule has 0 radical (unpaired) electrons. The van der Waals surface area contributed by atoms with Crippen molar-refractivity contribution in [2.45, 2.75) is 25.8 Å². The van der Waals surface area contributed by atoms with Crippen LogP contribution < -0.4 is 16.4 Å². The first kappa shape index (κ1) is 18.7. The van der Waals surface area contributed by atoms with Crippen molar-refractivity contribution >= 4 is 23.4 Å². The smallest absolute Gasteiger partial charge is 0.411 e. The number of amides is 2. The number of rotatable bonds is 1. The van der Waals surface area contributed by atoms with Gasteiger partial charge in [0.1, 0.15) is 5.82 Å². The number of anilines is 2. The fourth-order valence-electron chi connectivity index (χ4n) is 2.92. The van der Waals surface area contributed by atoms with E-state index in [1.54, 1.807) is 24.4 Å². The van der Waals surface area contributed by atoms with Gasteiger partial charge in [-0.2, -0.15) is 0 Å². The van der Waals surface area contributed by atoms with Gasteiger partial charge in [-0.25, -0.2) is 9.78 Å². The van der Waals surface area contributed by atoms with Gasteiger partial charge >= 0.3 is 6.09 Å². The van der Waals surface area contributed by atoms with Crippen LogP contribution in [0.4, 0.5) is 16.2 Å². The van der Waals surface area contributed by atoms with Gasteiger partial charge in [0.05, 0.1) is 30.7 Å². The number of allylic oxidation sites excluding steroid dienone is 1. The van der Waals surface area contributed by atoms with E-state index < -0.39 is 6.09 Å². The molecule has 8 nitrogen and oxygen atoms in total. The van der Waals surface area contributed by atoms with E-state index in [-0.39, 0.29) is 17.9 Å². The van der Waals surface area contributed by atoms with Gasteiger partial charge in [0.25, 0.3) is 0 Å². The van der Waals surface area contributed by atoms with Crippen LogP contribution in [0.1, 0.15) is 31.6 Å². The van der Waals surface area contributed by atoms with Gasteiger partial charge in [-0.05, 0) is 30.5 Å². The van der Waals surface area contributed by atoms with E-state index in [0.29, 0.717) is 30.0 Å². The summed E-state index contributed by atoms with van der Waals surface area (Å²) in [6.45, 7) is 1.97. The third-order valence-electron chi connectivity index (χ3n) is 4.32. The van der Waals surface area contributed by atoms with Crippen molar-refractivity contribution in [3.63, 3.8) is 0 Å². The number of nitrogens with zero attached hydrogens (tertiary/aromatic N) is 1. The summed E-state index contributed by atoms with van der Waals surface area (Å²) in [6, 6.07) is 4.95. The Hall–Kier alpha value is -3.13. The predicted molar refractivity (Wildman–Crippen MR) is 103 cm³/mol. The number of ether oxygens (including phenoxy) is 1. The standard InChI is InChI=1S/C19H23N5O3/c1-11-4-3-5-14(20)18-21-10-16(24-18)13-7-6-12(22-19(26)27-2)9-15(13)23-17(25)8-11/h3-4,6-7,9-11,14H,5,8,20H2,1-2H3,(H,21,24)(H,22,26)(H,23,25)/b4-3-/t11?,14-/m0/s1. The average molecular weight is 369 g/mol. The molecule has 2 aromatic rings. The quantitative estimate of drug-likeness (QED) is 0.575. The molecule has 0 aliphatic carbocycles. The largest absolute Gasteiger partial charge is 0.453 e. The van der Waals surface area contributed by atoms with E-state index in [9.17, 15) is 9.59 Å². The van der Waals surface area contributed by atoms with Gasteiger partial charge in [0, 0.05) is 17.7 Å². The zero-order chi connectivity index (χ0) is 19.4. The number of H-pyrrole nitrogens is 1. The lowest BCUT2D eigenvalue weighted by molar-refractivity contribution is -0.116. The molecule has 1 aliphatic rings. The van der Waals surface area contributed by atoms with Gasteiger partial charge in [0.15, 0.2) is 0 Å². The third-order valence-corrected chi connectivity index (χ3v) is 4.32. The van der Waals surface area contributed by atoms with Gasteiger partial charge in [-0.15, -0.1) is 0 Å². The molecule has 0 spiro atoms. The minimum Gasteiger partial charge on any atom is -0.453 e. The van der Waals surface area contributed by atoms with Crippen LogP contribution in [0.15, 0.2) is 36.5 Å². The minimum atomic E-state index is -0.584. The maximum Gasteiger partial charge on any atom is 0.411 e. The number of nitrogens with one attached hydrogen (secondary N) is 3. The number of fused-ring (bicyclic) bond motifs is 4. The van der Waals surface area contributed by atoms with E-state index in [4.69, 9.17) is 5.73 Å². The fraction of sp³-hybridized carbons (Fsp3) is 0.316. The Labute approximate surface area is 157 Å². The second-order valence-corrected chi connectivity index (χ2v) is 6.56. The van der Waals surface area contributed by atoms with E-state index in [1.165, 1.54) is 7.11 Å². The first-order valence-electron chi connectivity index (χ1n) is 8.72. The molecular weight excluding hydrogens is 346 g/mol. The topological polar surface area (TPSA) is 122 Å². The molecule has 2 atom stereocenters. The predicted octanol–water partition coefficient (Wildman–Crippen LogP) is 3.18. The summed E-state index contributed by atoms with van der Waals surface area (Å²) in [6.07, 6.45) is 6.04. The molecule has 5 N–H and O–H groups in total. The van der Waals surface area contributed by atoms with Crippen LogP contribution in [-0.2, 0) is 9.53 Å². The number of carbonyl (C=O) groups excluding carboxylic acids is 2. The number of carbonyl (C=O) groups is 2. The Balaban J connectivity index is 2.02. The number of hydrogen-bond donors (Lipinski definition) is 4. The van der Waals surface area contributed by atoms with Gasteiger partial charge in [-0.1, -0.05) is 19.1 Å². The highest BCUT2D eigenvalue weighted by Crippen LogP contribution is 2.31. The van der Waals surface area contributed by atoms with Crippen LogP contribution in [0.3, 0.4) is 0 Å². The van der Waals surface area contributed by atoms with Gasteiger partial charge < -0.3 is 20.8 Å². The summed E-state index contributed by atoms with van der Waals surface area (Å²) >= 11 is 0. The van der Waals surface area contributed by atoms with E-state index in [0.717, 1.165) is 11.3 Å². The lowest BCUT2D eigenvalue weighted by atomic mass is 10.0. The number of aromatic amines is 1. The van der Waals surface area contributed by atoms with E-state index in [2.05, 4.69) is 25.3 Å². The molecule has 0 saturated carbocycles. The summed E-state index contributed by atoms with van der Waals surface area (Å²) in [5.41, 5.74) is 8.76. The number of imidazole rings is 1. The third kappa shape index (κ3) is 4.53. The summed E-state index contributed by atoms with van der Waals surface area (Å²) in [5, 5.41) is 5.53. The molecular formula is C19H23N5O3. The Kier molecular flexibility index (Phi) is 5.56. The van der Waals surface area contributed by atoms with Crippen molar-refractivity contribution in [1.82, 2.24) is 9.97 Å². The number of hydrogen-bond acceptors (Lipinski definition) is 5. The summed E-state index contributed by atoms with van der Waals surface area (Å²) in [4.78, 5) is 31.5. The van der Waals surface area contributed by atoms with Crippen LogP contribution in [0, 0.1) is 5.92 Å². The molecule has 142 valence electrons. The Bertz CT molecular complexity index is 874. The molecule has 1 aromatic carbocycles. The monoisotopic (exact) mass is 369 g/mol. The Morgan fingerprint density at radius 2 is 2.22 bits per heavy atom. The van der Waals surface area contributed by atoms with Crippen molar-refractivity contribution < 1.29 is 14.3 Å². The van der Waals surface area contributed by atoms with Crippen molar-refractivity contribution in [2.24, 2.45) is 11.7 Å². The van der Waals surface area contributed by atoms with Crippen LogP contribution in [0.2, 0.25) is 0 Å². The van der Waals surface area contributed by atoms with Crippen molar-refractivity contribution in [3.05, 3.63) is 42.4 Å². The lowest BCUT2D eigenvalue weighted by Gasteiger charge is -2.14. The second kappa shape index (κ2) is 8.05. The number of aromatic nitrogens is 2. The highest BCUT2D eigenvalue weighted by atomic mass is 16.5. The maximum atomic E-state index is 12.5. The second-order valence-electron chi connectivity index (χ2n) is 6.56. The van der Waals surface area contributed by atoms with Crippen LogP contribution in [0.5, 0.6) is 0 Å². The highest BCUT2D eigenvalue weighted by Gasteiger charge is 2.17. The molecule has 0 fully saturated rings. The maximum absolute atomic E-state index is 12.5. The number of nitrogens with two attached hydrogens (primary N) is 1. The van der Waals surface area contributed by atoms with Crippen LogP contribution in [-0.4, -0.2) is 29.1 Å². The average Bonchev–Trinajstić information content (AvgIpc) is 3.11. The highest BCUT2D eigenvalue weighted by molar-refractivity contribution is 5.97. The van der Waals surface area contributed by atoms with Crippen LogP contribution in [0.25, 0.3) is 11.3 Å². The number of methoxy groups -OCH3 is 1. The molecule has 1 aromatic heterocycles.